The minimum absolute atomic E-state index is 0.209. The molecule has 6 heteroatoms. The van der Waals surface area contributed by atoms with Crippen molar-refractivity contribution >= 4 is 10.2 Å². The lowest BCUT2D eigenvalue weighted by molar-refractivity contribution is 0.212. The number of rotatable bonds is 2. The van der Waals surface area contributed by atoms with Gasteiger partial charge in [-0.2, -0.15) is 17.0 Å². The van der Waals surface area contributed by atoms with Crippen LogP contribution in [0.1, 0.15) is 26.2 Å². The van der Waals surface area contributed by atoms with E-state index < -0.39 is 10.2 Å². The van der Waals surface area contributed by atoms with Gasteiger partial charge in [-0.25, -0.2) is 0 Å². The molecule has 2 rings (SSSR count). The fourth-order valence-corrected chi connectivity index (χ4v) is 4.50. The lowest BCUT2D eigenvalue weighted by Crippen LogP contribution is -2.55. The number of hydrogen-bond acceptors (Lipinski definition) is 3. The smallest absolute Gasteiger partial charge is 0.282 e. The van der Waals surface area contributed by atoms with Crippen molar-refractivity contribution in [3.05, 3.63) is 0 Å². The molecule has 0 unspecified atom stereocenters. The molecule has 1 N–H and O–H groups in total. The van der Waals surface area contributed by atoms with E-state index in [9.17, 15) is 8.42 Å². The molecular formula is C10H21N3O2S. The minimum Gasteiger partial charge on any atom is -0.317 e. The molecular weight excluding hydrogens is 226 g/mol. The molecule has 0 atom stereocenters. The average Bonchev–Trinajstić information content (AvgIpc) is 2.29. The Kier molecular flexibility index (Phi) is 3.84. The molecule has 5 nitrogen and oxygen atoms in total. The van der Waals surface area contributed by atoms with Crippen molar-refractivity contribution in [2.75, 3.05) is 32.7 Å². The zero-order valence-corrected chi connectivity index (χ0v) is 10.7. The monoisotopic (exact) mass is 247 g/mol. The Morgan fingerprint density at radius 2 is 1.94 bits per heavy atom. The van der Waals surface area contributed by atoms with Crippen LogP contribution in [0.15, 0.2) is 0 Å². The van der Waals surface area contributed by atoms with Crippen LogP contribution in [0.5, 0.6) is 0 Å². The van der Waals surface area contributed by atoms with Gasteiger partial charge in [-0.3, -0.25) is 0 Å². The summed E-state index contributed by atoms with van der Waals surface area (Å²) >= 11 is 0. The van der Waals surface area contributed by atoms with Crippen LogP contribution in [-0.2, 0) is 10.2 Å². The molecule has 0 amide bonds. The van der Waals surface area contributed by atoms with Gasteiger partial charge in [-0.1, -0.05) is 6.92 Å². The van der Waals surface area contributed by atoms with Crippen molar-refractivity contribution in [2.45, 2.75) is 32.2 Å². The first kappa shape index (κ1) is 12.3. The molecule has 0 radical (unpaired) electrons. The Bertz CT molecular complexity index is 325. The number of hydrogen-bond donors (Lipinski definition) is 1. The second-order valence-corrected chi connectivity index (χ2v) is 6.33. The van der Waals surface area contributed by atoms with Gasteiger partial charge >= 0.3 is 0 Å². The van der Waals surface area contributed by atoms with Crippen LogP contribution in [0.4, 0.5) is 0 Å². The van der Waals surface area contributed by atoms with Crippen molar-refractivity contribution in [1.29, 1.82) is 0 Å². The highest BCUT2D eigenvalue weighted by Crippen LogP contribution is 2.22. The molecule has 0 aliphatic carbocycles. The van der Waals surface area contributed by atoms with E-state index in [1.165, 1.54) is 0 Å². The predicted octanol–water partition coefficient (Wildman–Crippen LogP) is 0.0108. The van der Waals surface area contributed by atoms with Crippen molar-refractivity contribution < 1.29 is 8.42 Å². The number of piperidine rings is 1. The molecule has 0 saturated carbocycles. The van der Waals surface area contributed by atoms with E-state index in [-0.39, 0.29) is 6.04 Å². The normalized spacial score (nSPS) is 29.3. The zero-order chi connectivity index (χ0) is 11.6. The Labute approximate surface area is 98.0 Å². The Morgan fingerprint density at radius 1 is 1.25 bits per heavy atom. The summed E-state index contributed by atoms with van der Waals surface area (Å²) in [6.45, 7) is 5.74. The summed E-state index contributed by atoms with van der Waals surface area (Å²) in [5.74, 6) is 0. The van der Waals surface area contributed by atoms with Crippen molar-refractivity contribution in [1.82, 2.24) is 13.9 Å². The van der Waals surface area contributed by atoms with Crippen LogP contribution in [0.2, 0.25) is 0 Å². The topological polar surface area (TPSA) is 52.6 Å². The maximum atomic E-state index is 12.3. The quantitative estimate of drug-likeness (QED) is 0.748. The molecule has 0 aromatic carbocycles. The third-order valence-corrected chi connectivity index (χ3v) is 5.64. The maximum Gasteiger partial charge on any atom is 0.282 e. The molecule has 0 aromatic heterocycles. The van der Waals surface area contributed by atoms with Crippen LogP contribution in [0.3, 0.4) is 0 Å². The van der Waals surface area contributed by atoms with Crippen LogP contribution in [0.25, 0.3) is 0 Å². The van der Waals surface area contributed by atoms with Gasteiger partial charge in [0.2, 0.25) is 0 Å². The lowest BCUT2D eigenvalue weighted by atomic mass is 10.1. The second-order valence-electron chi connectivity index (χ2n) is 4.44. The number of nitrogens with zero attached hydrogens (tertiary/aromatic N) is 2. The minimum atomic E-state index is -3.18. The first-order valence-electron chi connectivity index (χ1n) is 6.14. The van der Waals surface area contributed by atoms with Crippen LogP contribution < -0.4 is 5.32 Å². The van der Waals surface area contributed by atoms with E-state index in [4.69, 9.17) is 0 Å². The molecule has 0 aromatic rings. The van der Waals surface area contributed by atoms with Crippen LogP contribution in [0, 0.1) is 0 Å². The molecule has 94 valence electrons. The van der Waals surface area contributed by atoms with E-state index in [1.807, 2.05) is 6.92 Å². The fraction of sp³-hybridized carbons (Fsp3) is 1.00. The van der Waals surface area contributed by atoms with Gasteiger partial charge < -0.3 is 5.32 Å². The zero-order valence-electron chi connectivity index (χ0n) is 9.85. The van der Waals surface area contributed by atoms with Crippen LogP contribution in [-0.4, -0.2) is 55.8 Å². The van der Waals surface area contributed by atoms with Crippen molar-refractivity contribution in [3.63, 3.8) is 0 Å². The van der Waals surface area contributed by atoms with Gasteiger partial charge in [0.05, 0.1) is 0 Å². The van der Waals surface area contributed by atoms with E-state index in [0.29, 0.717) is 19.6 Å². The highest BCUT2D eigenvalue weighted by molar-refractivity contribution is 7.86. The summed E-state index contributed by atoms with van der Waals surface area (Å²) in [4.78, 5) is 0. The first-order chi connectivity index (χ1) is 7.66. The fourth-order valence-electron chi connectivity index (χ4n) is 2.57. The Hall–Kier alpha value is -0.170. The molecule has 0 bridgehead atoms. The van der Waals surface area contributed by atoms with Crippen molar-refractivity contribution in [2.24, 2.45) is 0 Å². The summed E-state index contributed by atoms with van der Waals surface area (Å²) in [6.07, 6.45) is 2.84. The third-order valence-electron chi connectivity index (χ3n) is 3.48. The highest BCUT2D eigenvalue weighted by atomic mass is 32.2. The second kappa shape index (κ2) is 5.00. The average molecular weight is 247 g/mol. The summed E-state index contributed by atoms with van der Waals surface area (Å²) < 4.78 is 27.9. The van der Waals surface area contributed by atoms with Gasteiger partial charge in [-0.05, 0) is 32.4 Å². The van der Waals surface area contributed by atoms with Gasteiger partial charge in [0.1, 0.15) is 0 Å². The van der Waals surface area contributed by atoms with Crippen LogP contribution >= 0.6 is 0 Å². The summed E-state index contributed by atoms with van der Waals surface area (Å²) in [5.41, 5.74) is 0. The third kappa shape index (κ3) is 2.25. The molecule has 2 heterocycles. The van der Waals surface area contributed by atoms with E-state index in [2.05, 4.69) is 5.32 Å². The maximum absolute atomic E-state index is 12.3. The predicted molar refractivity (Wildman–Crippen MR) is 63.4 cm³/mol. The van der Waals surface area contributed by atoms with Gasteiger partial charge in [0.25, 0.3) is 10.2 Å². The van der Waals surface area contributed by atoms with E-state index >= 15 is 0 Å². The van der Waals surface area contributed by atoms with E-state index in [1.54, 1.807) is 8.61 Å². The highest BCUT2D eigenvalue weighted by Gasteiger charge is 2.37. The SMILES string of the molecule is CCN1CCCN(C2CCNCC2)S1(=O)=O. The Balaban J connectivity index is 2.13. The largest absolute Gasteiger partial charge is 0.317 e. The van der Waals surface area contributed by atoms with Crippen molar-refractivity contribution in [3.8, 4) is 0 Å². The summed E-state index contributed by atoms with van der Waals surface area (Å²) in [5, 5.41) is 3.27. The van der Waals surface area contributed by atoms with E-state index in [0.717, 1.165) is 32.4 Å². The van der Waals surface area contributed by atoms with Gasteiger partial charge in [-0.15, -0.1) is 0 Å². The molecule has 2 fully saturated rings. The molecule has 2 saturated heterocycles. The summed E-state index contributed by atoms with van der Waals surface area (Å²) in [6, 6.07) is 0.209. The summed E-state index contributed by atoms with van der Waals surface area (Å²) in [7, 11) is -3.18. The Morgan fingerprint density at radius 3 is 2.56 bits per heavy atom. The lowest BCUT2D eigenvalue weighted by Gasteiger charge is -2.40. The standard InChI is InChI=1S/C10H21N3O2S/c1-2-12-8-3-9-13(16(12,14)15)10-4-6-11-7-5-10/h10-11H,2-9H2,1H3. The molecule has 2 aliphatic heterocycles. The number of nitrogens with one attached hydrogen (secondary N) is 1. The molecule has 0 spiro atoms. The van der Waals surface area contributed by atoms with Gasteiger partial charge in [0.15, 0.2) is 0 Å². The first-order valence-corrected chi connectivity index (χ1v) is 7.53. The molecule has 16 heavy (non-hydrogen) atoms. The molecule has 2 aliphatic rings. The van der Waals surface area contributed by atoms with Gasteiger partial charge in [0, 0.05) is 25.7 Å².